The fraction of sp³-hybridized carbons (Fsp3) is 0.211. The first-order valence-corrected chi connectivity index (χ1v) is 7.19. The Labute approximate surface area is 131 Å². The zero-order chi connectivity index (χ0) is 15.8. The van der Waals surface area contributed by atoms with E-state index in [0.717, 1.165) is 16.7 Å². The molecule has 2 rings (SSSR count). The summed E-state index contributed by atoms with van der Waals surface area (Å²) in [6.07, 6.45) is 1.37. The number of benzene rings is 2. The van der Waals surface area contributed by atoms with Crippen LogP contribution in [0.1, 0.15) is 30.5 Å². The lowest BCUT2D eigenvalue weighted by Gasteiger charge is -2.08. The van der Waals surface area contributed by atoms with E-state index in [4.69, 9.17) is 9.94 Å². The van der Waals surface area contributed by atoms with Crippen molar-refractivity contribution in [3.8, 4) is 17.6 Å². The smallest absolute Gasteiger partial charge is 0.120 e. The molecule has 0 radical (unpaired) electrons. The van der Waals surface area contributed by atoms with Gasteiger partial charge in [0.1, 0.15) is 12.4 Å². The van der Waals surface area contributed by atoms with Gasteiger partial charge < -0.3 is 9.94 Å². The molecule has 112 valence electrons. The maximum Gasteiger partial charge on any atom is 0.120 e. The number of hydrogen-bond donors (Lipinski definition) is 1. The zero-order valence-corrected chi connectivity index (χ0v) is 12.8. The Hall–Kier alpha value is -2.73. The van der Waals surface area contributed by atoms with Crippen LogP contribution in [0.2, 0.25) is 0 Å². The average molecular weight is 293 g/mol. The monoisotopic (exact) mass is 293 g/mol. The van der Waals surface area contributed by atoms with E-state index in [0.29, 0.717) is 12.4 Å². The summed E-state index contributed by atoms with van der Waals surface area (Å²) >= 11 is 0. The number of nitrogens with zero attached hydrogens (tertiary/aromatic N) is 1. The van der Waals surface area contributed by atoms with Crippen LogP contribution in [-0.2, 0) is 6.61 Å². The minimum atomic E-state index is 0.285. The van der Waals surface area contributed by atoms with Gasteiger partial charge in [-0.05, 0) is 23.8 Å². The van der Waals surface area contributed by atoms with Crippen LogP contribution in [0.5, 0.6) is 5.75 Å². The van der Waals surface area contributed by atoms with E-state index in [1.165, 1.54) is 6.21 Å². The largest absolute Gasteiger partial charge is 0.489 e. The molecule has 1 N–H and O–H groups in total. The van der Waals surface area contributed by atoms with Crippen molar-refractivity contribution in [3.63, 3.8) is 0 Å². The Morgan fingerprint density at radius 2 is 1.95 bits per heavy atom. The summed E-state index contributed by atoms with van der Waals surface area (Å²) in [4.78, 5) is 0. The Balaban J connectivity index is 2.17. The standard InChI is InChI=1S/C19H19NO2/c1-15(2)8-9-17-10-11-19(12-18(17)13-20-21)22-14-16-6-4-3-5-7-16/h3-7,10-13,15,21H,14H2,1-2H3. The van der Waals surface area contributed by atoms with E-state index in [9.17, 15) is 0 Å². The molecule has 3 heteroatoms. The first kappa shape index (κ1) is 15.7. The highest BCUT2D eigenvalue weighted by atomic mass is 16.5. The highest BCUT2D eigenvalue weighted by Gasteiger charge is 2.02. The van der Waals surface area contributed by atoms with E-state index in [2.05, 4.69) is 17.0 Å². The van der Waals surface area contributed by atoms with Crippen molar-refractivity contribution in [1.29, 1.82) is 0 Å². The van der Waals surface area contributed by atoms with Crippen LogP contribution >= 0.6 is 0 Å². The van der Waals surface area contributed by atoms with E-state index in [1.807, 2.05) is 62.4 Å². The predicted molar refractivity (Wildman–Crippen MR) is 88.3 cm³/mol. The fourth-order valence-electron chi connectivity index (χ4n) is 1.88. The summed E-state index contributed by atoms with van der Waals surface area (Å²) in [6, 6.07) is 15.5. The van der Waals surface area contributed by atoms with Gasteiger partial charge in [0.15, 0.2) is 0 Å². The van der Waals surface area contributed by atoms with E-state index >= 15 is 0 Å². The molecule has 22 heavy (non-hydrogen) atoms. The normalized spacial score (nSPS) is 10.5. The third-order valence-corrected chi connectivity index (χ3v) is 2.96. The Morgan fingerprint density at radius 3 is 2.64 bits per heavy atom. The summed E-state index contributed by atoms with van der Waals surface area (Å²) in [5, 5.41) is 11.9. The molecule has 0 aromatic heterocycles. The summed E-state index contributed by atoms with van der Waals surface area (Å²) in [6.45, 7) is 4.56. The van der Waals surface area contributed by atoms with Crippen molar-refractivity contribution in [2.75, 3.05) is 0 Å². The lowest BCUT2D eigenvalue weighted by Crippen LogP contribution is -1.97. The van der Waals surface area contributed by atoms with Crippen molar-refractivity contribution in [2.45, 2.75) is 20.5 Å². The zero-order valence-electron chi connectivity index (χ0n) is 12.8. The highest BCUT2D eigenvalue weighted by Crippen LogP contribution is 2.18. The molecular formula is C19H19NO2. The fourth-order valence-corrected chi connectivity index (χ4v) is 1.88. The molecule has 0 spiro atoms. The SMILES string of the molecule is CC(C)C#Cc1ccc(OCc2ccccc2)cc1C=NO. The average Bonchev–Trinajstić information content (AvgIpc) is 2.53. The van der Waals surface area contributed by atoms with Gasteiger partial charge in [-0.3, -0.25) is 0 Å². The number of hydrogen-bond acceptors (Lipinski definition) is 3. The van der Waals surface area contributed by atoms with Gasteiger partial charge in [-0.2, -0.15) is 0 Å². The maximum absolute atomic E-state index is 8.80. The van der Waals surface area contributed by atoms with Crippen LogP contribution in [0.4, 0.5) is 0 Å². The Kier molecular flexibility index (Phi) is 5.62. The van der Waals surface area contributed by atoms with Crippen molar-refractivity contribution in [2.24, 2.45) is 11.1 Å². The molecule has 2 aromatic carbocycles. The molecule has 0 aliphatic carbocycles. The minimum Gasteiger partial charge on any atom is -0.489 e. The van der Waals surface area contributed by atoms with Crippen molar-refractivity contribution < 1.29 is 9.94 Å². The Bertz CT molecular complexity index is 694. The first-order chi connectivity index (χ1) is 10.7. The topological polar surface area (TPSA) is 41.8 Å². The van der Waals surface area contributed by atoms with Crippen LogP contribution in [0, 0.1) is 17.8 Å². The molecule has 0 atom stereocenters. The molecule has 0 aliphatic heterocycles. The number of oxime groups is 1. The minimum absolute atomic E-state index is 0.285. The Morgan fingerprint density at radius 1 is 1.18 bits per heavy atom. The molecule has 0 bridgehead atoms. The first-order valence-electron chi connectivity index (χ1n) is 7.19. The van der Waals surface area contributed by atoms with Crippen molar-refractivity contribution in [3.05, 3.63) is 65.2 Å². The van der Waals surface area contributed by atoms with Crippen molar-refractivity contribution in [1.82, 2.24) is 0 Å². The second kappa shape index (κ2) is 7.90. The molecule has 0 aliphatic rings. The molecule has 2 aromatic rings. The van der Waals surface area contributed by atoms with Gasteiger partial charge in [0.25, 0.3) is 0 Å². The number of rotatable bonds is 4. The van der Waals surface area contributed by atoms with Crippen LogP contribution < -0.4 is 4.74 Å². The molecule has 3 nitrogen and oxygen atoms in total. The summed E-state index contributed by atoms with van der Waals surface area (Å²) in [5.74, 6) is 7.20. The summed E-state index contributed by atoms with van der Waals surface area (Å²) in [7, 11) is 0. The lowest BCUT2D eigenvalue weighted by atomic mass is 10.1. The second-order valence-corrected chi connectivity index (χ2v) is 5.19. The van der Waals surface area contributed by atoms with Gasteiger partial charge in [0.2, 0.25) is 0 Å². The summed E-state index contributed by atoms with van der Waals surface area (Å²) < 4.78 is 5.77. The van der Waals surface area contributed by atoms with E-state index in [-0.39, 0.29) is 5.92 Å². The van der Waals surface area contributed by atoms with Crippen molar-refractivity contribution >= 4 is 6.21 Å². The lowest BCUT2D eigenvalue weighted by molar-refractivity contribution is 0.306. The van der Waals surface area contributed by atoms with E-state index in [1.54, 1.807) is 0 Å². The third kappa shape index (κ3) is 4.68. The van der Waals surface area contributed by atoms with Gasteiger partial charge >= 0.3 is 0 Å². The molecule has 0 amide bonds. The molecular weight excluding hydrogens is 274 g/mol. The molecule has 0 fully saturated rings. The van der Waals surface area contributed by atoms with Gasteiger partial charge in [-0.15, -0.1) is 0 Å². The van der Waals surface area contributed by atoms with Gasteiger partial charge in [-0.25, -0.2) is 0 Å². The van der Waals surface area contributed by atoms with Crippen LogP contribution in [-0.4, -0.2) is 11.4 Å². The van der Waals surface area contributed by atoms with Crippen LogP contribution in [0.15, 0.2) is 53.7 Å². The van der Waals surface area contributed by atoms with Gasteiger partial charge in [0, 0.05) is 17.0 Å². The van der Waals surface area contributed by atoms with Gasteiger partial charge in [0.05, 0.1) is 6.21 Å². The van der Waals surface area contributed by atoms with Crippen LogP contribution in [0.3, 0.4) is 0 Å². The quantitative estimate of drug-likeness (QED) is 0.399. The highest BCUT2D eigenvalue weighted by molar-refractivity contribution is 5.83. The second-order valence-electron chi connectivity index (χ2n) is 5.19. The van der Waals surface area contributed by atoms with Gasteiger partial charge in [-0.1, -0.05) is 61.2 Å². The molecule has 0 saturated carbocycles. The third-order valence-electron chi connectivity index (χ3n) is 2.96. The van der Waals surface area contributed by atoms with E-state index < -0.39 is 0 Å². The molecule has 0 heterocycles. The number of ether oxygens (including phenoxy) is 1. The predicted octanol–water partition coefficient (Wildman–Crippen LogP) is 4.08. The molecule has 0 saturated heterocycles. The molecule has 0 unspecified atom stereocenters. The van der Waals surface area contributed by atoms with Crippen LogP contribution in [0.25, 0.3) is 0 Å². The maximum atomic E-state index is 8.80. The summed E-state index contributed by atoms with van der Waals surface area (Å²) in [5.41, 5.74) is 2.66.